The van der Waals surface area contributed by atoms with E-state index in [9.17, 15) is 0 Å². The minimum Gasteiger partial charge on any atom is -0.440 e. The molecular weight excluding hydrogens is 978 g/mol. The molecule has 404 valence electrons. The second kappa shape index (κ2) is 29.1. The number of halogens is 1. The molecule has 0 spiro atoms. The number of aryl methyl sites for hydroxylation is 3. The molecule has 11 rings (SSSR count). The number of fused-ring (bicyclic) bond motifs is 4. The first-order valence-corrected chi connectivity index (χ1v) is 28.0. The molecule has 0 saturated heterocycles. The van der Waals surface area contributed by atoms with Gasteiger partial charge in [-0.25, -0.2) is 19.9 Å². The van der Waals surface area contributed by atoms with E-state index in [1.807, 2.05) is 43.7 Å². The summed E-state index contributed by atoms with van der Waals surface area (Å²) in [5.74, 6) is 2.18. The van der Waals surface area contributed by atoms with Crippen LogP contribution in [0.2, 0.25) is 5.02 Å². The molecule has 0 N–H and O–H groups in total. The number of imidazole rings is 1. The van der Waals surface area contributed by atoms with Gasteiger partial charge in [-0.15, -0.1) is 11.3 Å². The molecule has 4 aromatic carbocycles. The van der Waals surface area contributed by atoms with Crippen LogP contribution in [0.3, 0.4) is 0 Å². The fraction of sp³-hybridized carbons (Fsp3) is 0.391. The first-order chi connectivity index (χ1) is 36.1. The standard InChI is InChI=1S/C12H15N.C11H12ClNO.C11H13NS.C11H13N.C7H11N.2C6H10N2/c1-9(2)13-10(3)8-11-6-4-5-7-12(11)13;1-6(2)11-13-9-5-8(12)7(3)4-10(9)14-11;1-7(2)11-12-9-6-8(3)4-5-10(9)13-11;1-9(2)12-8-7-10-5-3-4-6-11(10)12;1-7(2)8-5-3-4-6-8;1-5(2)6-3-7-4-8-6;1-6(2)8-4-3-7-5-8/h4-9H,1-3H3;4-6H,1-3H3;4-7H,1-3H3;3-9H,1-2H3;3-7H,1-2H3;4-5H,3H2,1-2H3;3-6H,1-2H3. The Morgan fingerprint density at radius 1 is 0.579 bits per heavy atom. The molecule has 0 amide bonds. The lowest BCUT2D eigenvalue weighted by molar-refractivity contribution is 0.501. The number of hydrogen-bond acceptors (Lipinski definition) is 7. The molecule has 76 heavy (non-hydrogen) atoms. The topological polar surface area (TPSA) is 96.2 Å². The summed E-state index contributed by atoms with van der Waals surface area (Å²) in [4.78, 5) is 20.9. The lowest BCUT2D eigenvalue weighted by atomic mass is 10.1. The normalized spacial score (nSPS) is 11.8. The first-order valence-electron chi connectivity index (χ1n) is 26.8. The van der Waals surface area contributed by atoms with E-state index in [0.29, 0.717) is 41.9 Å². The number of thiazole rings is 1. The first kappa shape index (κ1) is 60.3. The molecule has 6 aromatic heterocycles. The molecule has 0 saturated carbocycles. The van der Waals surface area contributed by atoms with Gasteiger partial charge in [0.1, 0.15) is 11.9 Å². The Kier molecular flexibility index (Phi) is 23.1. The van der Waals surface area contributed by atoms with E-state index in [2.05, 4.69) is 251 Å². The highest BCUT2D eigenvalue weighted by Crippen LogP contribution is 2.29. The average Bonchev–Trinajstić information content (AvgIpc) is 4.23. The molecule has 0 atom stereocenters. The van der Waals surface area contributed by atoms with Crippen LogP contribution in [0.1, 0.15) is 161 Å². The summed E-state index contributed by atoms with van der Waals surface area (Å²) in [6.07, 6.45) is 13.5. The summed E-state index contributed by atoms with van der Waals surface area (Å²) in [7, 11) is 0. The van der Waals surface area contributed by atoms with Crippen molar-refractivity contribution in [2.75, 3.05) is 6.54 Å². The highest BCUT2D eigenvalue weighted by atomic mass is 35.5. The molecule has 0 fully saturated rings. The van der Waals surface area contributed by atoms with Crippen LogP contribution in [0, 0.1) is 26.7 Å². The van der Waals surface area contributed by atoms with Crippen molar-refractivity contribution in [1.29, 1.82) is 0 Å². The van der Waals surface area contributed by atoms with Crippen LogP contribution in [0.15, 0.2) is 155 Å². The van der Waals surface area contributed by atoms with E-state index in [1.54, 1.807) is 23.9 Å². The quantitative estimate of drug-likeness (QED) is 0.159. The molecule has 0 bridgehead atoms. The van der Waals surface area contributed by atoms with Crippen LogP contribution in [-0.4, -0.2) is 51.8 Å². The van der Waals surface area contributed by atoms with Crippen molar-refractivity contribution >= 4 is 78.1 Å². The maximum Gasteiger partial charge on any atom is 0.198 e. The van der Waals surface area contributed by atoms with Crippen LogP contribution in [-0.2, 0) is 0 Å². The minimum atomic E-state index is 0.307. The Balaban J connectivity index is 0.000000166. The second-order valence-corrected chi connectivity index (χ2v) is 22.7. The van der Waals surface area contributed by atoms with Crippen molar-refractivity contribution in [2.24, 2.45) is 15.9 Å². The molecule has 0 aliphatic carbocycles. The van der Waals surface area contributed by atoms with Gasteiger partial charge in [0.05, 0.1) is 28.1 Å². The number of benzene rings is 4. The Morgan fingerprint density at radius 2 is 1.24 bits per heavy atom. The Bertz CT molecular complexity index is 3260. The van der Waals surface area contributed by atoms with Gasteiger partial charge < -0.3 is 22.7 Å². The summed E-state index contributed by atoms with van der Waals surface area (Å²) in [6.45, 7) is 37.2. The van der Waals surface area contributed by atoms with Crippen molar-refractivity contribution in [3.8, 4) is 0 Å². The van der Waals surface area contributed by atoms with Gasteiger partial charge >= 0.3 is 0 Å². The largest absolute Gasteiger partial charge is 0.440 e. The lowest BCUT2D eigenvalue weighted by Gasteiger charge is -2.11. The van der Waals surface area contributed by atoms with Crippen LogP contribution in [0.5, 0.6) is 0 Å². The Hall–Kier alpha value is -6.56. The van der Waals surface area contributed by atoms with Crippen LogP contribution >= 0.6 is 22.9 Å². The maximum atomic E-state index is 5.99. The van der Waals surface area contributed by atoms with Crippen molar-refractivity contribution in [1.82, 2.24) is 33.2 Å². The molecule has 12 heteroatoms. The van der Waals surface area contributed by atoms with Gasteiger partial charge in [-0.1, -0.05) is 95.6 Å². The molecule has 10 aromatic rings. The monoisotopic (exact) mass is 1060 g/mol. The number of aliphatic imine (C=N–C) groups is 2. The molecule has 10 nitrogen and oxygen atoms in total. The third kappa shape index (κ3) is 17.5. The van der Waals surface area contributed by atoms with E-state index in [1.165, 1.54) is 48.5 Å². The zero-order valence-corrected chi connectivity index (χ0v) is 49.9. The third-order valence-corrected chi connectivity index (χ3v) is 14.2. The highest BCUT2D eigenvalue weighted by Gasteiger charge is 2.12. The van der Waals surface area contributed by atoms with E-state index in [-0.39, 0.29) is 0 Å². The second-order valence-electron chi connectivity index (χ2n) is 21.2. The number of para-hydroxylation sites is 2. The smallest absolute Gasteiger partial charge is 0.198 e. The van der Waals surface area contributed by atoms with Crippen LogP contribution in [0.4, 0.5) is 0 Å². The van der Waals surface area contributed by atoms with Gasteiger partial charge in [-0.3, -0.25) is 4.99 Å². The van der Waals surface area contributed by atoms with Gasteiger partial charge in [0.15, 0.2) is 11.5 Å². The molecular formula is C64H84ClN9OS. The van der Waals surface area contributed by atoms with Crippen molar-refractivity contribution in [3.05, 3.63) is 173 Å². The zero-order chi connectivity index (χ0) is 55.6. The summed E-state index contributed by atoms with van der Waals surface area (Å²) in [5, 5.41) is 4.64. The summed E-state index contributed by atoms with van der Waals surface area (Å²) in [6, 6.07) is 38.0. The van der Waals surface area contributed by atoms with Crippen LogP contribution < -0.4 is 0 Å². The van der Waals surface area contributed by atoms with Crippen LogP contribution in [0.25, 0.3) is 43.1 Å². The fourth-order valence-electron chi connectivity index (χ4n) is 8.06. The summed E-state index contributed by atoms with van der Waals surface area (Å²) < 4.78 is 15.8. The number of aromatic nitrogens is 7. The van der Waals surface area contributed by atoms with E-state index < -0.39 is 0 Å². The fourth-order valence-corrected chi connectivity index (χ4v) is 9.17. The molecule has 1 aliphatic heterocycles. The molecule has 0 radical (unpaired) electrons. The van der Waals surface area contributed by atoms with Gasteiger partial charge in [-0.05, 0) is 165 Å². The number of hydrogen-bond donors (Lipinski definition) is 0. The Labute approximate surface area is 462 Å². The molecule has 1 aliphatic rings. The lowest BCUT2D eigenvalue weighted by Crippen LogP contribution is -2.07. The molecule has 7 heterocycles. The highest BCUT2D eigenvalue weighted by molar-refractivity contribution is 7.18. The summed E-state index contributed by atoms with van der Waals surface area (Å²) in [5.41, 5.74) is 10.3. The van der Waals surface area contributed by atoms with E-state index >= 15 is 0 Å². The van der Waals surface area contributed by atoms with Gasteiger partial charge in [0.25, 0.3) is 0 Å². The third-order valence-electron chi connectivity index (χ3n) is 12.4. The van der Waals surface area contributed by atoms with Crippen molar-refractivity contribution < 1.29 is 4.42 Å². The van der Waals surface area contributed by atoms with Crippen molar-refractivity contribution in [2.45, 2.75) is 154 Å². The SMILES string of the molecule is CC(C)C1=NC=NC1.CC(C)n1ccc2ccccc21.CC(C)n1cccc1.CC(C)n1ccnc1.Cc1cc2ccccc2n1C(C)C.Cc1cc2oc(C(C)C)nc2cc1Cl.Cc1ccc2sc(C(C)C)nc2c1. The van der Waals surface area contributed by atoms with E-state index in [4.69, 9.17) is 16.0 Å². The maximum absolute atomic E-state index is 5.99. The van der Waals surface area contributed by atoms with Gasteiger partial charge in [0, 0.05) is 94.4 Å². The predicted molar refractivity (Wildman–Crippen MR) is 329 cm³/mol. The minimum absolute atomic E-state index is 0.307. The Morgan fingerprint density at radius 3 is 1.76 bits per heavy atom. The van der Waals surface area contributed by atoms with Gasteiger partial charge in [-0.2, -0.15) is 0 Å². The number of nitrogens with zero attached hydrogens (tertiary/aromatic N) is 9. The summed E-state index contributed by atoms with van der Waals surface area (Å²) >= 11 is 7.80. The average molecular weight is 1060 g/mol. The number of oxazole rings is 1. The predicted octanol–water partition coefficient (Wildman–Crippen LogP) is 19.1. The number of rotatable bonds is 7. The zero-order valence-electron chi connectivity index (χ0n) is 48.3. The van der Waals surface area contributed by atoms with E-state index in [0.717, 1.165) is 39.6 Å². The van der Waals surface area contributed by atoms with Crippen molar-refractivity contribution in [3.63, 3.8) is 0 Å². The molecule has 0 unspecified atom stereocenters. The van der Waals surface area contributed by atoms with Gasteiger partial charge in [0.2, 0.25) is 0 Å².